The van der Waals surface area contributed by atoms with Crippen molar-refractivity contribution >= 4 is 11.8 Å². The number of rotatable bonds is 3. The molecular weight excluding hydrogens is 277 g/mol. The molecule has 19 heavy (non-hydrogen) atoms. The molecule has 2 rings (SSSR count). The Kier molecular flexibility index (Phi) is 3.94. The van der Waals surface area contributed by atoms with Gasteiger partial charge in [-0.3, -0.25) is 0 Å². The van der Waals surface area contributed by atoms with Gasteiger partial charge in [-0.15, -0.1) is 10.2 Å². The van der Waals surface area contributed by atoms with Crippen LogP contribution in [0.1, 0.15) is 5.69 Å². The number of ether oxygens (including phenoxy) is 1. The molecule has 0 N–H and O–H groups in total. The smallest absolute Gasteiger partial charge is 0.435 e. The first-order valence-electron chi connectivity index (χ1n) is 5.22. The summed E-state index contributed by atoms with van der Waals surface area (Å²) in [5, 5.41) is 7.11. The van der Waals surface area contributed by atoms with Crippen molar-refractivity contribution < 1.29 is 17.9 Å². The topological polar surface area (TPSA) is 35.0 Å². The van der Waals surface area contributed by atoms with E-state index in [9.17, 15) is 13.2 Å². The highest BCUT2D eigenvalue weighted by Gasteiger charge is 2.32. The molecular formula is C12H9F3N2OS. The number of hydrogen-bond acceptors (Lipinski definition) is 4. The van der Waals surface area contributed by atoms with Crippen molar-refractivity contribution in [3.8, 4) is 5.75 Å². The van der Waals surface area contributed by atoms with Gasteiger partial charge in [0.1, 0.15) is 10.8 Å². The van der Waals surface area contributed by atoms with E-state index in [0.717, 1.165) is 11.0 Å². The summed E-state index contributed by atoms with van der Waals surface area (Å²) in [6, 6.07) is 9.33. The van der Waals surface area contributed by atoms with Gasteiger partial charge in [0.2, 0.25) is 0 Å². The fraction of sp³-hybridized carbons (Fsp3) is 0.167. The lowest BCUT2D eigenvalue weighted by Gasteiger charge is -2.05. The summed E-state index contributed by atoms with van der Waals surface area (Å²) >= 11 is 1.23. The summed E-state index contributed by atoms with van der Waals surface area (Å²) in [5.41, 5.74) is -0.994. The molecule has 0 radical (unpaired) electrons. The van der Waals surface area contributed by atoms with Crippen LogP contribution >= 0.6 is 11.8 Å². The normalized spacial score (nSPS) is 11.4. The number of alkyl halides is 3. The Hall–Kier alpha value is -1.76. The lowest BCUT2D eigenvalue weighted by molar-refractivity contribution is -0.141. The predicted molar refractivity (Wildman–Crippen MR) is 64.2 cm³/mol. The molecule has 0 aliphatic heterocycles. The van der Waals surface area contributed by atoms with E-state index in [1.807, 2.05) is 0 Å². The van der Waals surface area contributed by atoms with Gasteiger partial charge in [0.05, 0.1) is 7.11 Å². The molecule has 0 aliphatic carbocycles. The monoisotopic (exact) mass is 286 g/mol. The molecule has 0 bridgehead atoms. The SMILES string of the molecule is COc1ccc(Sc2ccc(C(F)(F)F)nn2)cc1. The van der Waals surface area contributed by atoms with Crippen molar-refractivity contribution in [1.29, 1.82) is 0 Å². The Balaban J connectivity index is 2.10. The second kappa shape index (κ2) is 5.48. The molecule has 0 amide bonds. The van der Waals surface area contributed by atoms with Crippen LogP contribution in [0.15, 0.2) is 46.3 Å². The van der Waals surface area contributed by atoms with Crippen LogP contribution < -0.4 is 4.74 Å². The van der Waals surface area contributed by atoms with Gasteiger partial charge in [-0.05, 0) is 36.4 Å². The Morgan fingerprint density at radius 3 is 2.16 bits per heavy atom. The van der Waals surface area contributed by atoms with Crippen LogP contribution in [0.4, 0.5) is 13.2 Å². The molecule has 0 atom stereocenters. The summed E-state index contributed by atoms with van der Waals surface area (Å²) in [5.74, 6) is 0.711. The van der Waals surface area contributed by atoms with E-state index in [0.29, 0.717) is 10.8 Å². The zero-order valence-corrected chi connectivity index (χ0v) is 10.6. The highest BCUT2D eigenvalue weighted by atomic mass is 32.2. The van der Waals surface area contributed by atoms with Crippen molar-refractivity contribution in [2.75, 3.05) is 7.11 Å². The molecule has 2 aromatic rings. The summed E-state index contributed by atoms with van der Waals surface area (Å²) < 4.78 is 41.9. The summed E-state index contributed by atoms with van der Waals surface area (Å²) in [4.78, 5) is 0.842. The van der Waals surface area contributed by atoms with Gasteiger partial charge in [0.25, 0.3) is 0 Å². The molecule has 0 fully saturated rings. The Morgan fingerprint density at radius 2 is 1.68 bits per heavy atom. The van der Waals surface area contributed by atoms with E-state index < -0.39 is 11.9 Å². The molecule has 1 aromatic heterocycles. The van der Waals surface area contributed by atoms with Gasteiger partial charge in [-0.25, -0.2) is 0 Å². The van der Waals surface area contributed by atoms with Crippen LogP contribution in [-0.2, 0) is 6.18 Å². The number of methoxy groups -OCH3 is 1. The zero-order chi connectivity index (χ0) is 13.9. The quantitative estimate of drug-likeness (QED) is 0.862. The van der Waals surface area contributed by atoms with Gasteiger partial charge in [-0.1, -0.05) is 11.8 Å². The minimum Gasteiger partial charge on any atom is -0.497 e. The van der Waals surface area contributed by atoms with E-state index in [1.165, 1.54) is 17.8 Å². The first kappa shape index (κ1) is 13.7. The molecule has 0 aliphatic rings. The molecule has 0 saturated heterocycles. The Morgan fingerprint density at radius 1 is 1.00 bits per heavy atom. The number of nitrogens with zero attached hydrogens (tertiary/aromatic N) is 2. The number of aromatic nitrogens is 2. The summed E-state index contributed by atoms with van der Waals surface area (Å²) in [7, 11) is 1.56. The van der Waals surface area contributed by atoms with E-state index in [2.05, 4.69) is 10.2 Å². The van der Waals surface area contributed by atoms with Crippen LogP contribution in [0.2, 0.25) is 0 Å². The average Bonchev–Trinajstić information content (AvgIpc) is 2.39. The van der Waals surface area contributed by atoms with E-state index >= 15 is 0 Å². The molecule has 1 aromatic carbocycles. The van der Waals surface area contributed by atoms with Crippen LogP contribution in [0.25, 0.3) is 0 Å². The van der Waals surface area contributed by atoms with Crippen molar-refractivity contribution in [2.45, 2.75) is 16.1 Å². The first-order chi connectivity index (χ1) is 8.99. The maximum absolute atomic E-state index is 12.3. The fourth-order valence-electron chi connectivity index (χ4n) is 1.29. The third-order valence-corrected chi connectivity index (χ3v) is 3.15. The molecule has 0 saturated carbocycles. The maximum Gasteiger partial charge on any atom is 0.435 e. The second-order valence-corrected chi connectivity index (χ2v) is 4.63. The van der Waals surface area contributed by atoms with Gasteiger partial charge in [-0.2, -0.15) is 13.2 Å². The highest BCUT2D eigenvalue weighted by molar-refractivity contribution is 7.99. The number of hydrogen-bond donors (Lipinski definition) is 0. The van der Waals surface area contributed by atoms with E-state index in [1.54, 1.807) is 31.4 Å². The molecule has 0 unspecified atom stereocenters. The summed E-state index contributed by atoms with van der Waals surface area (Å²) in [6.45, 7) is 0. The van der Waals surface area contributed by atoms with Crippen LogP contribution in [0.3, 0.4) is 0 Å². The third-order valence-electron chi connectivity index (χ3n) is 2.21. The highest BCUT2D eigenvalue weighted by Crippen LogP contribution is 2.30. The molecule has 7 heteroatoms. The molecule has 1 heterocycles. The summed E-state index contributed by atoms with van der Waals surface area (Å²) in [6.07, 6.45) is -4.46. The average molecular weight is 286 g/mol. The van der Waals surface area contributed by atoms with E-state index in [4.69, 9.17) is 4.74 Å². The molecule has 3 nitrogen and oxygen atoms in total. The number of halogens is 3. The zero-order valence-electron chi connectivity index (χ0n) is 9.81. The van der Waals surface area contributed by atoms with Crippen LogP contribution in [-0.4, -0.2) is 17.3 Å². The molecule has 0 spiro atoms. The Bertz CT molecular complexity index is 540. The minimum absolute atomic E-state index is 0.401. The van der Waals surface area contributed by atoms with Crippen molar-refractivity contribution in [3.63, 3.8) is 0 Å². The molecule has 100 valence electrons. The number of benzene rings is 1. The lowest BCUT2D eigenvalue weighted by atomic mass is 10.3. The van der Waals surface area contributed by atoms with Crippen molar-refractivity contribution in [2.24, 2.45) is 0 Å². The Labute approximate surface area is 111 Å². The second-order valence-electron chi connectivity index (χ2n) is 3.53. The van der Waals surface area contributed by atoms with Crippen molar-refractivity contribution in [3.05, 3.63) is 42.1 Å². The third kappa shape index (κ3) is 3.60. The van der Waals surface area contributed by atoms with Crippen molar-refractivity contribution in [1.82, 2.24) is 10.2 Å². The largest absolute Gasteiger partial charge is 0.497 e. The minimum atomic E-state index is -4.46. The maximum atomic E-state index is 12.3. The van der Waals surface area contributed by atoms with Gasteiger partial charge in [0.15, 0.2) is 5.69 Å². The van der Waals surface area contributed by atoms with Crippen LogP contribution in [0, 0.1) is 0 Å². The standard InChI is InChI=1S/C12H9F3N2OS/c1-18-8-2-4-9(5-3-8)19-11-7-6-10(16-17-11)12(13,14)15/h2-7H,1H3. The van der Waals surface area contributed by atoms with Crippen LogP contribution in [0.5, 0.6) is 5.75 Å². The lowest BCUT2D eigenvalue weighted by Crippen LogP contribution is -2.08. The van der Waals surface area contributed by atoms with E-state index in [-0.39, 0.29) is 0 Å². The predicted octanol–water partition coefficient (Wildman–Crippen LogP) is 3.66. The first-order valence-corrected chi connectivity index (χ1v) is 6.03. The fourth-order valence-corrected chi connectivity index (χ4v) is 2.02. The van der Waals surface area contributed by atoms with Gasteiger partial charge >= 0.3 is 6.18 Å². The van der Waals surface area contributed by atoms with Gasteiger partial charge in [0, 0.05) is 4.90 Å². The van der Waals surface area contributed by atoms with Gasteiger partial charge < -0.3 is 4.74 Å².